The Hall–Kier alpha value is -0.840. The summed E-state index contributed by atoms with van der Waals surface area (Å²) in [6.07, 6.45) is 0. The van der Waals surface area contributed by atoms with Crippen molar-refractivity contribution in [1.82, 2.24) is 0 Å². The van der Waals surface area contributed by atoms with Crippen molar-refractivity contribution in [2.75, 3.05) is 13.2 Å². The summed E-state index contributed by atoms with van der Waals surface area (Å²) in [5, 5.41) is -3.23. The number of hydrogen-bond acceptors (Lipinski definition) is 4. The first kappa shape index (κ1) is 12.2. The molecule has 0 saturated heterocycles. The molecule has 6 heteroatoms. The maximum Gasteiger partial charge on any atom is 0.375 e. The van der Waals surface area contributed by atoms with Gasteiger partial charge in [0.15, 0.2) is 0 Å². The van der Waals surface area contributed by atoms with Gasteiger partial charge in [-0.15, -0.1) is 0 Å². The zero-order valence-corrected chi connectivity index (χ0v) is 8.06. The van der Waals surface area contributed by atoms with Crippen LogP contribution in [0.15, 0.2) is 0 Å². The van der Waals surface area contributed by atoms with Gasteiger partial charge in [0, 0.05) is 0 Å². The van der Waals surface area contributed by atoms with Crippen molar-refractivity contribution in [1.29, 1.82) is 0 Å². The minimum absolute atomic E-state index is 0.0589. The van der Waals surface area contributed by atoms with Gasteiger partial charge in [-0.1, -0.05) is 11.6 Å². The fourth-order valence-corrected chi connectivity index (χ4v) is 0.636. The summed E-state index contributed by atoms with van der Waals surface area (Å²) in [6.45, 7) is 2.82. The number of alkyl halides is 2. The zero-order valence-electron chi connectivity index (χ0n) is 7.30. The lowest BCUT2D eigenvalue weighted by Crippen LogP contribution is -2.39. The Balaban J connectivity index is 4.36. The van der Waals surface area contributed by atoms with Gasteiger partial charge in [0.05, 0.1) is 13.2 Å². The van der Waals surface area contributed by atoms with Gasteiger partial charge in [0.2, 0.25) is 0 Å². The Morgan fingerprint density at radius 1 is 1.23 bits per heavy atom. The number of hydrogen-bond donors (Lipinski definition) is 0. The Kier molecular flexibility index (Phi) is 4.69. The molecule has 4 nitrogen and oxygen atoms in total. The van der Waals surface area contributed by atoms with Gasteiger partial charge < -0.3 is 9.47 Å². The van der Waals surface area contributed by atoms with Crippen LogP contribution in [-0.2, 0) is 19.1 Å². The largest absolute Gasteiger partial charge is 0.462 e. The quantitative estimate of drug-likeness (QED) is 0.397. The molecule has 0 fully saturated rings. The molecule has 0 aliphatic carbocycles. The standard InChI is InChI=1S/C7H10ClFO4/c1-3-12-5(10)7(8,9)6(11)13-4-2/h3-4H2,1-2H3. The highest BCUT2D eigenvalue weighted by Crippen LogP contribution is 2.21. The van der Waals surface area contributed by atoms with Crippen molar-refractivity contribution < 1.29 is 23.5 Å². The Morgan fingerprint density at radius 3 is 1.77 bits per heavy atom. The maximum absolute atomic E-state index is 13.1. The summed E-state index contributed by atoms with van der Waals surface area (Å²) in [5.41, 5.74) is 0. The van der Waals surface area contributed by atoms with Crippen LogP contribution >= 0.6 is 11.6 Å². The van der Waals surface area contributed by atoms with Crippen LogP contribution < -0.4 is 0 Å². The van der Waals surface area contributed by atoms with Gasteiger partial charge in [-0.2, -0.15) is 0 Å². The van der Waals surface area contributed by atoms with E-state index in [4.69, 9.17) is 11.6 Å². The lowest BCUT2D eigenvalue weighted by Gasteiger charge is -2.13. The Labute approximate surface area is 79.9 Å². The molecule has 13 heavy (non-hydrogen) atoms. The van der Waals surface area contributed by atoms with Gasteiger partial charge in [-0.25, -0.2) is 14.0 Å². The minimum Gasteiger partial charge on any atom is -0.462 e. The molecule has 0 aromatic carbocycles. The molecule has 0 spiro atoms. The van der Waals surface area contributed by atoms with Crippen LogP contribution in [0.4, 0.5) is 4.39 Å². The summed E-state index contributed by atoms with van der Waals surface area (Å²) in [7, 11) is 0. The highest BCUT2D eigenvalue weighted by Gasteiger charge is 2.48. The number of halogens is 2. The topological polar surface area (TPSA) is 52.6 Å². The molecule has 0 bridgehead atoms. The maximum atomic E-state index is 13.1. The van der Waals surface area contributed by atoms with Crippen molar-refractivity contribution in [3.8, 4) is 0 Å². The van der Waals surface area contributed by atoms with Crippen LogP contribution in [0.3, 0.4) is 0 Å². The van der Waals surface area contributed by atoms with Gasteiger partial charge in [-0.05, 0) is 13.8 Å². The van der Waals surface area contributed by atoms with Gasteiger partial charge in [-0.3, -0.25) is 0 Å². The smallest absolute Gasteiger partial charge is 0.375 e. The Morgan fingerprint density at radius 2 is 1.54 bits per heavy atom. The fourth-order valence-electron chi connectivity index (χ4n) is 0.527. The van der Waals surface area contributed by atoms with E-state index in [0.29, 0.717) is 0 Å². The number of rotatable bonds is 4. The van der Waals surface area contributed by atoms with Crippen LogP contribution in [0.2, 0.25) is 0 Å². The molecule has 0 amide bonds. The van der Waals surface area contributed by atoms with Crippen molar-refractivity contribution in [2.45, 2.75) is 19.0 Å². The van der Waals surface area contributed by atoms with E-state index >= 15 is 0 Å². The van der Waals surface area contributed by atoms with Crippen LogP contribution in [0.5, 0.6) is 0 Å². The molecule has 0 rings (SSSR count). The van der Waals surface area contributed by atoms with E-state index in [1.165, 1.54) is 13.8 Å². The molecule has 0 atom stereocenters. The predicted molar refractivity (Wildman–Crippen MR) is 43.0 cm³/mol. The first-order chi connectivity index (χ1) is 5.96. The third-order valence-corrected chi connectivity index (χ3v) is 1.37. The van der Waals surface area contributed by atoms with E-state index in [1.807, 2.05) is 0 Å². The molecular weight excluding hydrogens is 203 g/mol. The number of esters is 2. The normalized spacial score (nSPS) is 10.8. The zero-order chi connectivity index (χ0) is 10.5. The van der Waals surface area contributed by atoms with Gasteiger partial charge in [0.25, 0.3) is 0 Å². The molecule has 0 aliphatic heterocycles. The van der Waals surface area contributed by atoms with Gasteiger partial charge >= 0.3 is 17.1 Å². The first-order valence-corrected chi connectivity index (χ1v) is 4.06. The summed E-state index contributed by atoms with van der Waals surface area (Å²) in [6, 6.07) is 0. The SMILES string of the molecule is CCOC(=O)C(F)(Cl)C(=O)OCC. The van der Waals surface area contributed by atoms with Crippen molar-refractivity contribution >= 4 is 23.5 Å². The van der Waals surface area contributed by atoms with Crippen LogP contribution in [0, 0.1) is 0 Å². The molecule has 0 radical (unpaired) electrons. The third kappa shape index (κ3) is 3.18. The van der Waals surface area contributed by atoms with E-state index in [0.717, 1.165) is 0 Å². The summed E-state index contributed by atoms with van der Waals surface area (Å²) < 4.78 is 21.5. The molecule has 0 aromatic rings. The second-order valence-corrected chi connectivity index (χ2v) is 2.54. The number of carbonyl (C=O) groups is 2. The van der Waals surface area contributed by atoms with E-state index in [1.54, 1.807) is 0 Å². The van der Waals surface area contributed by atoms with Crippen LogP contribution in [0.25, 0.3) is 0 Å². The summed E-state index contributed by atoms with van der Waals surface area (Å²) >= 11 is 4.98. The molecular formula is C7H10ClFO4. The third-order valence-electron chi connectivity index (χ3n) is 1.06. The molecule has 76 valence electrons. The van der Waals surface area contributed by atoms with Crippen molar-refractivity contribution in [2.24, 2.45) is 0 Å². The molecule has 0 saturated carbocycles. The van der Waals surface area contributed by atoms with Crippen molar-refractivity contribution in [3.05, 3.63) is 0 Å². The first-order valence-electron chi connectivity index (χ1n) is 3.69. The van der Waals surface area contributed by atoms with Crippen LogP contribution in [-0.4, -0.2) is 30.3 Å². The lowest BCUT2D eigenvalue weighted by atomic mass is 10.4. The van der Waals surface area contributed by atoms with E-state index in [9.17, 15) is 14.0 Å². The molecule has 0 unspecified atom stereocenters. The molecule has 0 aromatic heterocycles. The average Bonchev–Trinajstić information content (AvgIpc) is 2.05. The number of carbonyl (C=O) groups excluding carboxylic acids is 2. The average molecular weight is 213 g/mol. The van der Waals surface area contributed by atoms with Crippen molar-refractivity contribution in [3.63, 3.8) is 0 Å². The molecule has 0 heterocycles. The highest BCUT2D eigenvalue weighted by molar-refractivity contribution is 6.43. The van der Waals surface area contributed by atoms with Gasteiger partial charge in [0.1, 0.15) is 0 Å². The van der Waals surface area contributed by atoms with Crippen LogP contribution in [0.1, 0.15) is 13.8 Å². The number of ether oxygens (including phenoxy) is 2. The van der Waals surface area contributed by atoms with E-state index in [2.05, 4.69) is 9.47 Å². The highest BCUT2D eigenvalue weighted by atomic mass is 35.5. The fraction of sp³-hybridized carbons (Fsp3) is 0.714. The second kappa shape index (κ2) is 5.01. The second-order valence-electron chi connectivity index (χ2n) is 2.02. The summed E-state index contributed by atoms with van der Waals surface area (Å²) in [4.78, 5) is 21.5. The Bertz CT molecular complexity index is 185. The monoisotopic (exact) mass is 212 g/mol. The molecule has 0 aliphatic rings. The predicted octanol–water partition coefficient (Wildman–Crippen LogP) is 1.02. The minimum atomic E-state index is -3.23. The van der Waals surface area contributed by atoms with E-state index < -0.39 is 17.1 Å². The molecule has 0 N–H and O–H groups in total. The lowest BCUT2D eigenvalue weighted by molar-refractivity contribution is -0.166. The van der Waals surface area contributed by atoms with E-state index in [-0.39, 0.29) is 13.2 Å². The summed E-state index contributed by atoms with van der Waals surface area (Å²) in [5.74, 6) is -2.90.